The van der Waals surface area contributed by atoms with E-state index in [4.69, 9.17) is 0 Å². The van der Waals surface area contributed by atoms with Crippen LogP contribution in [0.3, 0.4) is 0 Å². The zero-order chi connectivity index (χ0) is 23.7. The molecule has 1 heterocycles. The third-order valence-corrected chi connectivity index (χ3v) is 6.24. The summed E-state index contributed by atoms with van der Waals surface area (Å²) in [5.74, 6) is -2.43. The standard InChI is InChI=1S/C22H23F2N3O4S/c1-22(2,3)14-26(21(28)29)13-15-12-19(32(30,31)16-8-5-4-6-9-16)27(25-15)18-11-7-10-17(23)20(18)24/h4-12H,13-14H2,1-3H3,(H,28,29). The minimum absolute atomic E-state index is 0.0608. The average molecular weight is 464 g/mol. The summed E-state index contributed by atoms with van der Waals surface area (Å²) in [5.41, 5.74) is -0.688. The van der Waals surface area contributed by atoms with Crippen LogP contribution in [0.5, 0.6) is 0 Å². The Morgan fingerprint density at radius 3 is 2.34 bits per heavy atom. The summed E-state index contributed by atoms with van der Waals surface area (Å²) in [6, 6.07) is 12.0. The molecule has 0 unspecified atom stereocenters. The molecule has 0 atom stereocenters. The zero-order valence-corrected chi connectivity index (χ0v) is 18.6. The van der Waals surface area contributed by atoms with Crippen LogP contribution in [0.15, 0.2) is 64.5 Å². The first-order chi connectivity index (χ1) is 14.9. The van der Waals surface area contributed by atoms with Crippen molar-refractivity contribution in [3.63, 3.8) is 0 Å². The normalized spacial score (nSPS) is 12.0. The van der Waals surface area contributed by atoms with E-state index in [1.165, 1.54) is 42.5 Å². The Balaban J connectivity index is 2.16. The Bertz CT molecular complexity index is 1240. The summed E-state index contributed by atoms with van der Waals surface area (Å²) in [5, 5.41) is 13.3. The molecule has 7 nitrogen and oxygen atoms in total. The van der Waals surface area contributed by atoms with E-state index < -0.39 is 38.3 Å². The zero-order valence-electron chi connectivity index (χ0n) is 17.8. The van der Waals surface area contributed by atoms with Crippen LogP contribution in [0.4, 0.5) is 13.6 Å². The summed E-state index contributed by atoms with van der Waals surface area (Å²) in [7, 11) is -4.17. The highest BCUT2D eigenvalue weighted by atomic mass is 32.2. The van der Waals surface area contributed by atoms with Crippen molar-refractivity contribution in [3.05, 3.63) is 71.9 Å². The SMILES string of the molecule is CC(C)(C)CN(Cc1cc(S(=O)(=O)c2ccccc2)n(-c2cccc(F)c2F)n1)C(=O)O. The van der Waals surface area contributed by atoms with Crippen molar-refractivity contribution < 1.29 is 27.1 Å². The van der Waals surface area contributed by atoms with E-state index in [1.807, 2.05) is 20.8 Å². The van der Waals surface area contributed by atoms with Gasteiger partial charge in [-0.3, -0.25) is 0 Å². The molecule has 0 aliphatic heterocycles. The van der Waals surface area contributed by atoms with Crippen LogP contribution >= 0.6 is 0 Å². The molecule has 3 rings (SSSR count). The van der Waals surface area contributed by atoms with Crippen molar-refractivity contribution in [3.8, 4) is 5.69 Å². The molecule has 1 amide bonds. The number of sulfone groups is 1. The molecule has 0 saturated heterocycles. The quantitative estimate of drug-likeness (QED) is 0.581. The Hall–Kier alpha value is -3.27. The van der Waals surface area contributed by atoms with E-state index in [-0.39, 0.29) is 29.1 Å². The molecule has 0 fully saturated rings. The minimum atomic E-state index is -4.17. The lowest BCUT2D eigenvalue weighted by Crippen LogP contribution is -2.36. The number of hydrogen-bond acceptors (Lipinski definition) is 4. The molecule has 2 aromatic carbocycles. The Kier molecular flexibility index (Phi) is 6.36. The molecule has 0 saturated carbocycles. The molecule has 32 heavy (non-hydrogen) atoms. The number of carbonyl (C=O) groups is 1. The van der Waals surface area contributed by atoms with Gasteiger partial charge in [0.05, 0.1) is 17.1 Å². The van der Waals surface area contributed by atoms with Crippen molar-refractivity contribution >= 4 is 15.9 Å². The second-order valence-electron chi connectivity index (χ2n) is 8.47. The number of amides is 1. The van der Waals surface area contributed by atoms with Gasteiger partial charge in [0.1, 0.15) is 5.69 Å². The summed E-state index contributed by atoms with van der Waals surface area (Å²) in [4.78, 5) is 12.8. The van der Waals surface area contributed by atoms with Crippen LogP contribution < -0.4 is 0 Å². The monoisotopic (exact) mass is 463 g/mol. The molecule has 0 aliphatic rings. The lowest BCUT2D eigenvalue weighted by atomic mass is 9.96. The van der Waals surface area contributed by atoms with Gasteiger partial charge in [0, 0.05) is 12.6 Å². The van der Waals surface area contributed by atoms with Crippen molar-refractivity contribution in [2.75, 3.05) is 6.54 Å². The van der Waals surface area contributed by atoms with Crippen LogP contribution in [0, 0.1) is 17.0 Å². The first kappa shape index (κ1) is 23.4. The van der Waals surface area contributed by atoms with Gasteiger partial charge in [-0.25, -0.2) is 26.7 Å². The molecular weight excluding hydrogens is 440 g/mol. The van der Waals surface area contributed by atoms with E-state index in [0.717, 1.165) is 15.6 Å². The van der Waals surface area contributed by atoms with Crippen LogP contribution in [0.2, 0.25) is 0 Å². The van der Waals surface area contributed by atoms with Crippen molar-refractivity contribution in [1.29, 1.82) is 0 Å². The van der Waals surface area contributed by atoms with E-state index in [1.54, 1.807) is 6.07 Å². The van der Waals surface area contributed by atoms with Gasteiger partial charge in [-0.1, -0.05) is 45.0 Å². The third kappa shape index (κ3) is 4.96. The maximum absolute atomic E-state index is 14.5. The first-order valence-corrected chi connectivity index (χ1v) is 11.2. The van der Waals surface area contributed by atoms with Gasteiger partial charge in [0.25, 0.3) is 0 Å². The Labute approximate surface area is 184 Å². The largest absolute Gasteiger partial charge is 0.465 e. The molecule has 0 aliphatic carbocycles. The molecule has 10 heteroatoms. The molecule has 0 radical (unpaired) electrons. The predicted octanol–water partition coefficient (Wildman–Crippen LogP) is 4.51. The molecule has 3 aromatic rings. The van der Waals surface area contributed by atoms with Gasteiger partial charge in [0.15, 0.2) is 16.7 Å². The maximum Gasteiger partial charge on any atom is 0.407 e. The van der Waals surface area contributed by atoms with Crippen molar-refractivity contribution in [2.24, 2.45) is 5.41 Å². The number of benzene rings is 2. The third-order valence-electron chi connectivity index (χ3n) is 4.50. The first-order valence-electron chi connectivity index (χ1n) is 9.71. The van der Waals surface area contributed by atoms with Crippen molar-refractivity contribution in [2.45, 2.75) is 37.2 Å². The van der Waals surface area contributed by atoms with E-state index in [0.29, 0.717) is 0 Å². The Morgan fingerprint density at radius 2 is 1.75 bits per heavy atom. The molecule has 0 bridgehead atoms. The molecule has 0 spiro atoms. The van der Waals surface area contributed by atoms with Crippen molar-refractivity contribution in [1.82, 2.24) is 14.7 Å². The van der Waals surface area contributed by atoms with Crippen LogP contribution in [0.1, 0.15) is 26.5 Å². The van der Waals surface area contributed by atoms with Gasteiger partial charge < -0.3 is 10.0 Å². The highest BCUT2D eigenvalue weighted by Crippen LogP contribution is 2.27. The number of halogens is 2. The van der Waals surface area contributed by atoms with Gasteiger partial charge in [-0.05, 0) is 29.7 Å². The van der Waals surface area contributed by atoms with Gasteiger partial charge in [0.2, 0.25) is 9.84 Å². The molecule has 1 N–H and O–H groups in total. The van der Waals surface area contributed by atoms with E-state index >= 15 is 0 Å². The predicted molar refractivity (Wildman–Crippen MR) is 113 cm³/mol. The summed E-state index contributed by atoms with van der Waals surface area (Å²) in [6.07, 6.45) is -1.21. The average Bonchev–Trinajstić information content (AvgIpc) is 3.13. The van der Waals surface area contributed by atoms with Gasteiger partial charge in [-0.15, -0.1) is 0 Å². The minimum Gasteiger partial charge on any atom is -0.465 e. The van der Waals surface area contributed by atoms with Gasteiger partial charge in [-0.2, -0.15) is 5.10 Å². The number of nitrogens with zero attached hydrogens (tertiary/aromatic N) is 3. The van der Waals surface area contributed by atoms with E-state index in [2.05, 4.69) is 5.10 Å². The fourth-order valence-electron chi connectivity index (χ4n) is 3.19. The molecule has 1 aromatic heterocycles. The number of rotatable bonds is 6. The number of aromatic nitrogens is 2. The lowest BCUT2D eigenvalue weighted by molar-refractivity contribution is 0.122. The van der Waals surface area contributed by atoms with Crippen LogP contribution in [-0.2, 0) is 16.4 Å². The lowest BCUT2D eigenvalue weighted by Gasteiger charge is -2.27. The van der Waals surface area contributed by atoms with Crippen LogP contribution in [-0.4, -0.2) is 40.8 Å². The number of carboxylic acid groups (broad SMARTS) is 1. The highest BCUT2D eigenvalue weighted by molar-refractivity contribution is 7.91. The number of hydrogen-bond donors (Lipinski definition) is 1. The van der Waals surface area contributed by atoms with Gasteiger partial charge >= 0.3 is 6.09 Å². The topological polar surface area (TPSA) is 92.5 Å². The fourth-order valence-corrected chi connectivity index (χ4v) is 4.60. The summed E-state index contributed by atoms with van der Waals surface area (Å²) < 4.78 is 55.8. The van der Waals surface area contributed by atoms with Crippen LogP contribution in [0.25, 0.3) is 5.69 Å². The smallest absolute Gasteiger partial charge is 0.407 e. The summed E-state index contributed by atoms with van der Waals surface area (Å²) in [6.45, 7) is 5.50. The Morgan fingerprint density at radius 1 is 1.09 bits per heavy atom. The second kappa shape index (κ2) is 8.70. The van der Waals surface area contributed by atoms with E-state index in [9.17, 15) is 27.1 Å². The highest BCUT2D eigenvalue weighted by Gasteiger charge is 2.28. The molecular formula is C22H23F2N3O4S. The molecule has 170 valence electrons. The summed E-state index contributed by atoms with van der Waals surface area (Å²) >= 11 is 0. The maximum atomic E-state index is 14.5. The fraction of sp³-hybridized carbons (Fsp3) is 0.273. The second-order valence-corrected chi connectivity index (χ2v) is 10.4.